The maximum Gasteiger partial charge on any atom is 0.306 e. The average Bonchev–Trinajstić information content (AvgIpc) is 3.02. The molecule has 0 bridgehead atoms. The summed E-state index contributed by atoms with van der Waals surface area (Å²) in [5.74, 6) is 0.784. The first-order valence-electron chi connectivity index (χ1n) is 7.58. The molecular weight excluding hydrogens is 356 g/mol. The van der Waals surface area contributed by atoms with Gasteiger partial charge in [0, 0.05) is 16.1 Å². The quantitative estimate of drug-likeness (QED) is 0.554. The molecule has 0 amide bonds. The number of hydrogen-bond donors (Lipinski definition) is 1. The number of nitrogens with one attached hydrogen (secondary N) is 1. The van der Waals surface area contributed by atoms with Gasteiger partial charge in [-0.3, -0.25) is 9.78 Å². The standard InChI is InChI=1S/C19H13ClN2O2S/c1-24-14-8-4-12(5-9-14)16-10-15(11-2-6-13(20)7-3-11)17-18(21-16)22-19(23)25-17/h2-10H,1H3,(H,21,22,23). The minimum atomic E-state index is -0.121. The van der Waals surface area contributed by atoms with Crippen molar-refractivity contribution in [3.05, 3.63) is 69.3 Å². The van der Waals surface area contributed by atoms with Gasteiger partial charge in [0.05, 0.1) is 17.5 Å². The summed E-state index contributed by atoms with van der Waals surface area (Å²) in [5, 5.41) is 0.673. The fourth-order valence-corrected chi connectivity index (χ4v) is 3.63. The number of ether oxygens (including phenoxy) is 1. The molecule has 0 spiro atoms. The number of fused-ring (bicyclic) bond motifs is 1. The highest BCUT2D eigenvalue weighted by Crippen LogP contribution is 2.33. The number of thiazole rings is 1. The molecule has 0 aliphatic carbocycles. The molecule has 4 nitrogen and oxygen atoms in total. The summed E-state index contributed by atoms with van der Waals surface area (Å²) in [7, 11) is 1.63. The molecule has 0 aliphatic heterocycles. The molecule has 0 saturated carbocycles. The van der Waals surface area contributed by atoms with Crippen LogP contribution in [0.1, 0.15) is 0 Å². The molecule has 1 N–H and O–H groups in total. The van der Waals surface area contributed by atoms with Crippen LogP contribution in [0.3, 0.4) is 0 Å². The van der Waals surface area contributed by atoms with Crippen LogP contribution in [0, 0.1) is 0 Å². The van der Waals surface area contributed by atoms with Crippen molar-refractivity contribution in [3.8, 4) is 28.1 Å². The zero-order valence-electron chi connectivity index (χ0n) is 13.2. The Morgan fingerprint density at radius 2 is 1.72 bits per heavy atom. The molecule has 2 aromatic carbocycles. The van der Waals surface area contributed by atoms with Crippen molar-refractivity contribution in [1.29, 1.82) is 0 Å². The van der Waals surface area contributed by atoms with Gasteiger partial charge >= 0.3 is 4.87 Å². The number of H-pyrrole nitrogens is 1. The van der Waals surface area contributed by atoms with Crippen molar-refractivity contribution < 1.29 is 4.74 Å². The molecule has 0 unspecified atom stereocenters. The molecule has 0 atom stereocenters. The van der Waals surface area contributed by atoms with E-state index in [4.69, 9.17) is 16.3 Å². The second-order valence-corrected chi connectivity index (χ2v) is 6.90. The largest absolute Gasteiger partial charge is 0.497 e. The third-order valence-electron chi connectivity index (χ3n) is 3.93. The monoisotopic (exact) mass is 368 g/mol. The van der Waals surface area contributed by atoms with Crippen LogP contribution >= 0.6 is 22.9 Å². The van der Waals surface area contributed by atoms with Gasteiger partial charge in [-0.25, -0.2) is 4.98 Å². The Morgan fingerprint density at radius 1 is 1.04 bits per heavy atom. The van der Waals surface area contributed by atoms with Gasteiger partial charge < -0.3 is 4.74 Å². The second kappa shape index (κ2) is 6.35. The normalized spacial score (nSPS) is 11.0. The van der Waals surface area contributed by atoms with E-state index in [1.807, 2.05) is 54.6 Å². The van der Waals surface area contributed by atoms with E-state index in [1.54, 1.807) is 7.11 Å². The second-order valence-electron chi connectivity index (χ2n) is 5.48. The molecule has 0 saturated heterocycles. The number of aromatic nitrogens is 2. The minimum absolute atomic E-state index is 0.121. The maximum absolute atomic E-state index is 11.8. The SMILES string of the molecule is COc1ccc(-c2cc(-c3ccc(Cl)cc3)c3sc(=O)[nH]c3n2)cc1. The Labute approximate surface area is 152 Å². The topological polar surface area (TPSA) is 55.0 Å². The summed E-state index contributed by atoms with van der Waals surface area (Å²) in [6, 6.07) is 17.2. The Hall–Kier alpha value is -2.63. The van der Waals surface area contributed by atoms with Crippen LogP contribution in [0.4, 0.5) is 0 Å². The fraction of sp³-hybridized carbons (Fsp3) is 0.0526. The van der Waals surface area contributed by atoms with Crippen molar-refractivity contribution in [1.82, 2.24) is 9.97 Å². The highest BCUT2D eigenvalue weighted by molar-refractivity contribution is 7.16. The van der Waals surface area contributed by atoms with Gasteiger partial charge in [-0.2, -0.15) is 0 Å². The molecule has 4 aromatic rings. The van der Waals surface area contributed by atoms with Crippen LogP contribution in [0.25, 0.3) is 32.7 Å². The number of methoxy groups -OCH3 is 1. The van der Waals surface area contributed by atoms with Gasteiger partial charge in [-0.15, -0.1) is 0 Å². The lowest BCUT2D eigenvalue weighted by Gasteiger charge is -2.08. The summed E-state index contributed by atoms with van der Waals surface area (Å²) in [5.41, 5.74) is 4.27. The maximum atomic E-state index is 11.8. The highest BCUT2D eigenvalue weighted by Gasteiger charge is 2.13. The van der Waals surface area contributed by atoms with Crippen LogP contribution in [-0.4, -0.2) is 17.1 Å². The highest BCUT2D eigenvalue weighted by atomic mass is 35.5. The van der Waals surface area contributed by atoms with Gasteiger partial charge in [0.2, 0.25) is 0 Å². The van der Waals surface area contributed by atoms with Gasteiger partial charge in [-0.1, -0.05) is 35.1 Å². The number of benzene rings is 2. The number of rotatable bonds is 3. The zero-order chi connectivity index (χ0) is 17.4. The third kappa shape index (κ3) is 3.04. The molecule has 2 aromatic heterocycles. The Bertz CT molecular complexity index is 1100. The summed E-state index contributed by atoms with van der Waals surface area (Å²) >= 11 is 7.16. The average molecular weight is 369 g/mol. The lowest BCUT2D eigenvalue weighted by atomic mass is 10.0. The predicted octanol–water partition coefficient (Wildman–Crippen LogP) is 4.98. The number of hydrogen-bond acceptors (Lipinski definition) is 4. The van der Waals surface area contributed by atoms with E-state index < -0.39 is 0 Å². The molecule has 124 valence electrons. The van der Waals surface area contributed by atoms with Gasteiger partial charge in [0.25, 0.3) is 0 Å². The molecule has 0 aliphatic rings. The Kier molecular flexibility index (Phi) is 4.03. The molecular formula is C19H13ClN2O2S. The van der Waals surface area contributed by atoms with Crippen molar-refractivity contribution in [2.45, 2.75) is 0 Å². The summed E-state index contributed by atoms with van der Waals surface area (Å²) in [6.45, 7) is 0. The molecule has 0 fully saturated rings. The van der Waals surface area contributed by atoms with Crippen LogP contribution < -0.4 is 9.61 Å². The zero-order valence-corrected chi connectivity index (χ0v) is 14.8. The van der Waals surface area contributed by atoms with Gasteiger partial charge in [0.15, 0.2) is 5.65 Å². The Morgan fingerprint density at radius 3 is 2.40 bits per heavy atom. The van der Waals surface area contributed by atoms with E-state index >= 15 is 0 Å². The van der Waals surface area contributed by atoms with Crippen molar-refractivity contribution >= 4 is 33.3 Å². The van der Waals surface area contributed by atoms with E-state index in [1.165, 1.54) is 0 Å². The van der Waals surface area contributed by atoms with Crippen molar-refractivity contribution in [2.75, 3.05) is 7.11 Å². The van der Waals surface area contributed by atoms with Gasteiger partial charge in [-0.05, 0) is 48.0 Å². The molecule has 25 heavy (non-hydrogen) atoms. The van der Waals surface area contributed by atoms with E-state index in [2.05, 4.69) is 9.97 Å². The van der Waals surface area contributed by atoms with E-state index in [9.17, 15) is 4.79 Å². The van der Waals surface area contributed by atoms with Crippen molar-refractivity contribution in [3.63, 3.8) is 0 Å². The first-order chi connectivity index (χ1) is 12.1. The number of pyridine rings is 1. The summed E-state index contributed by atoms with van der Waals surface area (Å²) < 4.78 is 6.04. The number of aromatic amines is 1. The third-order valence-corrected chi connectivity index (χ3v) is 5.09. The minimum Gasteiger partial charge on any atom is -0.497 e. The van der Waals surface area contributed by atoms with Crippen LogP contribution in [0.5, 0.6) is 5.75 Å². The Balaban J connectivity index is 1.94. The number of halogens is 1. The van der Waals surface area contributed by atoms with Gasteiger partial charge in [0.1, 0.15) is 5.75 Å². The lowest BCUT2D eigenvalue weighted by Crippen LogP contribution is -1.92. The fourth-order valence-electron chi connectivity index (χ4n) is 2.69. The van der Waals surface area contributed by atoms with Crippen LogP contribution in [-0.2, 0) is 0 Å². The molecule has 2 heterocycles. The van der Waals surface area contributed by atoms with Crippen LogP contribution in [0.2, 0.25) is 5.02 Å². The molecule has 4 rings (SSSR count). The van der Waals surface area contributed by atoms with E-state index in [0.717, 1.165) is 44.2 Å². The predicted molar refractivity (Wildman–Crippen MR) is 103 cm³/mol. The first-order valence-corrected chi connectivity index (χ1v) is 8.78. The smallest absolute Gasteiger partial charge is 0.306 e. The van der Waals surface area contributed by atoms with Crippen molar-refractivity contribution in [2.24, 2.45) is 0 Å². The van der Waals surface area contributed by atoms with E-state index in [0.29, 0.717) is 10.7 Å². The molecule has 0 radical (unpaired) electrons. The lowest BCUT2D eigenvalue weighted by molar-refractivity contribution is 0.415. The summed E-state index contributed by atoms with van der Waals surface area (Å²) in [4.78, 5) is 19.1. The summed E-state index contributed by atoms with van der Waals surface area (Å²) in [6.07, 6.45) is 0. The van der Waals surface area contributed by atoms with E-state index in [-0.39, 0.29) is 4.87 Å². The number of nitrogens with zero attached hydrogens (tertiary/aromatic N) is 1. The first kappa shape index (κ1) is 15.9. The van der Waals surface area contributed by atoms with Crippen LogP contribution in [0.15, 0.2) is 59.4 Å². The molecule has 6 heteroatoms.